The van der Waals surface area contributed by atoms with E-state index in [1.165, 1.54) is 30.8 Å². The number of amides is 1. The molecule has 4 rings (SSSR count). The third kappa shape index (κ3) is 6.27. The summed E-state index contributed by atoms with van der Waals surface area (Å²) in [4.78, 5) is 16.7. The van der Waals surface area contributed by atoms with E-state index in [1.54, 1.807) is 41.4 Å². The Balaban J connectivity index is 1.38. The van der Waals surface area contributed by atoms with Gasteiger partial charge >= 0.3 is 0 Å². The number of benzene rings is 2. The van der Waals surface area contributed by atoms with Gasteiger partial charge in [0.25, 0.3) is 0 Å². The summed E-state index contributed by atoms with van der Waals surface area (Å²) in [5.74, 6) is 0.234. The number of aromatic nitrogens is 3. The molecule has 1 unspecified atom stereocenters. The first-order valence-corrected chi connectivity index (χ1v) is 12.0. The van der Waals surface area contributed by atoms with E-state index >= 15 is 0 Å². The molecule has 0 saturated carbocycles. The van der Waals surface area contributed by atoms with Crippen LogP contribution in [-0.4, -0.2) is 29.1 Å². The fourth-order valence-electron chi connectivity index (χ4n) is 3.25. The third-order valence-corrected chi connectivity index (χ3v) is 6.41. The molecule has 1 amide bonds. The number of carbonyl (C=O) groups is 1. The maximum absolute atomic E-state index is 12.6. The average Bonchev–Trinajstić information content (AvgIpc) is 3.56. The Morgan fingerprint density at radius 3 is 2.53 bits per heavy atom. The molecular formula is C24H23N5O4S. The number of rotatable bonds is 10. The molecule has 34 heavy (non-hydrogen) atoms. The van der Waals surface area contributed by atoms with Crippen LogP contribution in [0.3, 0.4) is 0 Å². The molecule has 10 heteroatoms. The Morgan fingerprint density at radius 1 is 1.06 bits per heavy atom. The molecule has 174 valence electrons. The molecule has 2 N–H and O–H groups in total. The van der Waals surface area contributed by atoms with Gasteiger partial charge in [-0.3, -0.25) is 9.48 Å². The van der Waals surface area contributed by atoms with Crippen molar-refractivity contribution in [1.29, 1.82) is 0 Å². The standard InChI is InChI=1S/C24H23N5O4S/c30-24(28-23(16-29-18-25-17-26-29)20-5-2-1-3-6-20)13-10-19-8-11-22(12-9-19)34(31,32)27-15-21-7-4-14-33-21/h1-14,17-18,23,27H,15-16H2,(H,28,30)/b13-10+. The Bertz CT molecular complexity index is 1320. The molecule has 0 bridgehead atoms. The average molecular weight is 478 g/mol. The molecule has 0 aliphatic carbocycles. The SMILES string of the molecule is O=C(/C=C/c1ccc(S(=O)(=O)NCc2ccco2)cc1)NC(Cn1cncn1)c1ccccc1. The minimum absolute atomic E-state index is 0.0638. The highest BCUT2D eigenvalue weighted by molar-refractivity contribution is 7.89. The van der Waals surface area contributed by atoms with Crippen LogP contribution < -0.4 is 10.0 Å². The third-order valence-electron chi connectivity index (χ3n) is 4.99. The molecule has 2 heterocycles. The van der Waals surface area contributed by atoms with Gasteiger partial charge in [-0.25, -0.2) is 18.1 Å². The summed E-state index contributed by atoms with van der Waals surface area (Å²) >= 11 is 0. The number of nitrogens with one attached hydrogen (secondary N) is 2. The smallest absolute Gasteiger partial charge is 0.244 e. The van der Waals surface area contributed by atoms with Crippen LogP contribution in [0, 0.1) is 0 Å². The van der Waals surface area contributed by atoms with E-state index in [2.05, 4.69) is 20.1 Å². The molecule has 0 aliphatic heterocycles. The number of sulfonamides is 1. The Labute approximate surface area is 197 Å². The number of hydrogen-bond donors (Lipinski definition) is 2. The molecule has 1 atom stereocenters. The lowest BCUT2D eigenvalue weighted by Crippen LogP contribution is -2.30. The van der Waals surface area contributed by atoms with Crippen LogP contribution in [-0.2, 0) is 27.9 Å². The van der Waals surface area contributed by atoms with Gasteiger partial charge in [0.15, 0.2) is 0 Å². The zero-order chi connectivity index (χ0) is 23.8. The van der Waals surface area contributed by atoms with Crippen LogP contribution in [0.15, 0.2) is 101 Å². The number of carbonyl (C=O) groups excluding carboxylic acids is 1. The predicted molar refractivity (Wildman–Crippen MR) is 126 cm³/mol. The summed E-state index contributed by atoms with van der Waals surface area (Å²) in [6.07, 6.45) is 7.56. The quantitative estimate of drug-likeness (QED) is 0.339. The van der Waals surface area contributed by atoms with Crippen LogP contribution in [0.2, 0.25) is 0 Å². The van der Waals surface area contributed by atoms with E-state index in [-0.39, 0.29) is 23.4 Å². The highest BCUT2D eigenvalue weighted by Gasteiger charge is 2.15. The number of hydrogen-bond acceptors (Lipinski definition) is 6. The highest BCUT2D eigenvalue weighted by atomic mass is 32.2. The zero-order valence-corrected chi connectivity index (χ0v) is 18.9. The molecule has 2 aromatic carbocycles. The van der Waals surface area contributed by atoms with E-state index in [0.717, 1.165) is 5.56 Å². The largest absolute Gasteiger partial charge is 0.468 e. The van der Waals surface area contributed by atoms with Crippen molar-refractivity contribution in [1.82, 2.24) is 24.8 Å². The van der Waals surface area contributed by atoms with E-state index in [9.17, 15) is 13.2 Å². The normalized spacial score (nSPS) is 12.6. The van der Waals surface area contributed by atoms with Gasteiger partial charge in [-0.15, -0.1) is 0 Å². The van der Waals surface area contributed by atoms with Crippen molar-refractivity contribution in [2.24, 2.45) is 0 Å². The van der Waals surface area contributed by atoms with Gasteiger partial charge in [0.1, 0.15) is 18.4 Å². The van der Waals surface area contributed by atoms with Gasteiger partial charge in [-0.05, 0) is 41.5 Å². The molecule has 0 aliphatic rings. The lowest BCUT2D eigenvalue weighted by atomic mass is 10.1. The van der Waals surface area contributed by atoms with Crippen molar-refractivity contribution < 1.29 is 17.6 Å². The van der Waals surface area contributed by atoms with E-state index < -0.39 is 10.0 Å². The molecule has 0 radical (unpaired) electrons. The van der Waals surface area contributed by atoms with Crippen LogP contribution in [0.5, 0.6) is 0 Å². The minimum Gasteiger partial charge on any atom is -0.468 e. The van der Waals surface area contributed by atoms with Crippen LogP contribution >= 0.6 is 0 Å². The molecule has 2 aromatic heterocycles. The van der Waals surface area contributed by atoms with E-state index in [1.807, 2.05) is 30.3 Å². The van der Waals surface area contributed by atoms with Crippen molar-refractivity contribution in [2.45, 2.75) is 24.0 Å². The topological polar surface area (TPSA) is 119 Å². The fourth-order valence-corrected chi connectivity index (χ4v) is 4.24. The van der Waals surface area contributed by atoms with Crippen LogP contribution in [0.1, 0.15) is 22.9 Å². The van der Waals surface area contributed by atoms with Gasteiger partial charge in [-0.1, -0.05) is 42.5 Å². The first kappa shape index (κ1) is 23.1. The first-order chi connectivity index (χ1) is 16.5. The van der Waals surface area contributed by atoms with Crippen LogP contribution in [0.4, 0.5) is 0 Å². The van der Waals surface area contributed by atoms with E-state index in [0.29, 0.717) is 17.9 Å². The zero-order valence-electron chi connectivity index (χ0n) is 18.1. The van der Waals surface area contributed by atoms with Crippen molar-refractivity contribution in [2.75, 3.05) is 0 Å². The summed E-state index contributed by atoms with van der Waals surface area (Å²) < 4.78 is 34.2. The van der Waals surface area contributed by atoms with Crippen molar-refractivity contribution in [3.05, 3.63) is 109 Å². The first-order valence-electron chi connectivity index (χ1n) is 10.5. The summed E-state index contributed by atoms with van der Waals surface area (Å²) in [6.45, 7) is 0.496. The van der Waals surface area contributed by atoms with Gasteiger partial charge in [0.05, 0.1) is 30.3 Å². The van der Waals surface area contributed by atoms with Gasteiger partial charge < -0.3 is 9.73 Å². The predicted octanol–water partition coefficient (Wildman–Crippen LogP) is 2.92. The molecule has 0 saturated heterocycles. The lowest BCUT2D eigenvalue weighted by molar-refractivity contribution is -0.117. The molecule has 4 aromatic rings. The van der Waals surface area contributed by atoms with Gasteiger partial charge in [0, 0.05) is 6.08 Å². The fraction of sp³-hybridized carbons (Fsp3) is 0.125. The maximum Gasteiger partial charge on any atom is 0.244 e. The maximum atomic E-state index is 12.6. The second-order valence-electron chi connectivity index (χ2n) is 7.40. The molecule has 9 nitrogen and oxygen atoms in total. The molecular weight excluding hydrogens is 454 g/mol. The number of furan rings is 1. The number of nitrogens with zero attached hydrogens (tertiary/aromatic N) is 3. The molecule has 0 fully saturated rings. The summed E-state index contributed by atoms with van der Waals surface area (Å²) in [7, 11) is -3.68. The summed E-state index contributed by atoms with van der Waals surface area (Å²) in [6, 6.07) is 18.9. The van der Waals surface area contributed by atoms with E-state index in [4.69, 9.17) is 4.42 Å². The monoisotopic (exact) mass is 477 g/mol. The van der Waals surface area contributed by atoms with Gasteiger partial charge in [0.2, 0.25) is 15.9 Å². The second kappa shape index (κ2) is 10.7. The van der Waals surface area contributed by atoms with Crippen molar-refractivity contribution in [3.8, 4) is 0 Å². The van der Waals surface area contributed by atoms with Crippen molar-refractivity contribution in [3.63, 3.8) is 0 Å². The van der Waals surface area contributed by atoms with Crippen LogP contribution in [0.25, 0.3) is 6.08 Å². The highest BCUT2D eigenvalue weighted by Crippen LogP contribution is 2.16. The molecule has 0 spiro atoms. The minimum atomic E-state index is -3.68. The van der Waals surface area contributed by atoms with Crippen molar-refractivity contribution >= 4 is 22.0 Å². The van der Waals surface area contributed by atoms with Gasteiger partial charge in [-0.2, -0.15) is 5.10 Å². The Hall–Kier alpha value is -4.02. The Morgan fingerprint density at radius 2 is 1.85 bits per heavy atom. The Kier molecular flexibility index (Phi) is 7.31. The lowest BCUT2D eigenvalue weighted by Gasteiger charge is -2.18. The summed E-state index contributed by atoms with van der Waals surface area (Å²) in [5.41, 5.74) is 1.63. The summed E-state index contributed by atoms with van der Waals surface area (Å²) in [5, 5.41) is 7.09. The second-order valence-corrected chi connectivity index (χ2v) is 9.16.